The zero-order valence-corrected chi connectivity index (χ0v) is 23.5. The molecule has 1 aromatic carbocycles. The quantitative estimate of drug-likeness (QED) is 0.501. The molecule has 202 valence electrons. The Balaban J connectivity index is 1.62. The second-order valence-corrected chi connectivity index (χ2v) is 12.7. The fourth-order valence-electron chi connectivity index (χ4n) is 4.68. The van der Waals surface area contributed by atoms with Crippen molar-refractivity contribution in [3.63, 3.8) is 0 Å². The summed E-state index contributed by atoms with van der Waals surface area (Å²) in [4.78, 5) is 28.4. The van der Waals surface area contributed by atoms with Crippen LogP contribution in [-0.2, 0) is 27.1 Å². The Hall–Kier alpha value is -3.40. The van der Waals surface area contributed by atoms with E-state index in [2.05, 4.69) is 46.9 Å². The van der Waals surface area contributed by atoms with Gasteiger partial charge in [0, 0.05) is 11.0 Å². The molecule has 0 spiro atoms. The van der Waals surface area contributed by atoms with E-state index in [-0.39, 0.29) is 48.1 Å². The van der Waals surface area contributed by atoms with Crippen molar-refractivity contribution in [2.75, 3.05) is 24.0 Å². The Bertz CT molecular complexity index is 1350. The van der Waals surface area contributed by atoms with Crippen LogP contribution in [-0.4, -0.2) is 40.7 Å². The number of ether oxygens (including phenoxy) is 2. The van der Waals surface area contributed by atoms with E-state index in [9.17, 15) is 9.59 Å². The number of hydrogen-bond acceptors (Lipinski definition) is 7. The van der Waals surface area contributed by atoms with Crippen molar-refractivity contribution in [1.29, 1.82) is 0 Å². The topological polar surface area (TPSA) is 98.8 Å². The number of anilines is 1. The highest BCUT2D eigenvalue weighted by Crippen LogP contribution is 2.50. The number of carbonyl (C=O) groups excluding carboxylic acids is 2. The van der Waals surface area contributed by atoms with E-state index >= 15 is 0 Å². The Morgan fingerprint density at radius 2 is 1.89 bits per heavy atom. The maximum Gasteiger partial charge on any atom is 0.240 e. The minimum atomic E-state index is -0.439. The van der Waals surface area contributed by atoms with Crippen LogP contribution in [0.15, 0.2) is 41.0 Å². The monoisotopic (exact) mass is 538 g/mol. The molecule has 2 amide bonds. The van der Waals surface area contributed by atoms with Gasteiger partial charge in [0.1, 0.15) is 18.1 Å². The van der Waals surface area contributed by atoms with Gasteiger partial charge in [0.25, 0.3) is 0 Å². The predicted molar refractivity (Wildman–Crippen MR) is 146 cm³/mol. The average molecular weight is 539 g/mol. The SMILES string of the molecule is CC(C)(C)c1nn(C(C)(C)C)c2c1C(c1ccc3c(c1)OCO3)SCC(=O)N2CC(=O)NCc1ccco1. The molecule has 2 aliphatic heterocycles. The van der Waals surface area contributed by atoms with E-state index in [1.165, 1.54) is 0 Å². The van der Waals surface area contributed by atoms with Crippen LogP contribution in [0.3, 0.4) is 0 Å². The molecule has 10 heteroatoms. The normalized spacial score (nSPS) is 17.4. The molecule has 0 saturated carbocycles. The zero-order chi connectivity index (χ0) is 27.2. The molecule has 1 unspecified atom stereocenters. The van der Waals surface area contributed by atoms with E-state index in [1.807, 2.05) is 22.9 Å². The van der Waals surface area contributed by atoms with Gasteiger partial charge in [-0.05, 0) is 50.6 Å². The summed E-state index contributed by atoms with van der Waals surface area (Å²) >= 11 is 1.54. The van der Waals surface area contributed by atoms with Crippen molar-refractivity contribution < 1.29 is 23.5 Å². The Morgan fingerprint density at radius 1 is 1.13 bits per heavy atom. The fraction of sp³-hybridized carbons (Fsp3) is 0.464. The van der Waals surface area contributed by atoms with Crippen LogP contribution in [0.2, 0.25) is 0 Å². The number of hydrogen-bond donors (Lipinski definition) is 1. The lowest BCUT2D eigenvalue weighted by Gasteiger charge is -2.28. The number of thioether (sulfide) groups is 1. The van der Waals surface area contributed by atoms with Gasteiger partial charge in [-0.2, -0.15) is 5.10 Å². The van der Waals surface area contributed by atoms with Crippen molar-refractivity contribution >= 4 is 29.4 Å². The molecule has 4 heterocycles. The maximum atomic E-state index is 13.7. The number of nitrogens with zero attached hydrogens (tertiary/aromatic N) is 3. The lowest BCUT2D eigenvalue weighted by Crippen LogP contribution is -2.43. The van der Waals surface area contributed by atoms with Gasteiger partial charge < -0.3 is 19.2 Å². The molecule has 38 heavy (non-hydrogen) atoms. The van der Waals surface area contributed by atoms with Crippen LogP contribution in [0.1, 0.15) is 69.4 Å². The fourth-order valence-corrected chi connectivity index (χ4v) is 5.87. The summed E-state index contributed by atoms with van der Waals surface area (Å²) in [5.41, 5.74) is 2.09. The predicted octanol–water partition coefficient (Wildman–Crippen LogP) is 4.74. The third-order valence-corrected chi connectivity index (χ3v) is 7.73. The van der Waals surface area contributed by atoms with E-state index in [1.54, 1.807) is 35.1 Å². The van der Waals surface area contributed by atoms with E-state index < -0.39 is 5.54 Å². The Morgan fingerprint density at radius 3 is 2.58 bits per heavy atom. The smallest absolute Gasteiger partial charge is 0.240 e. The lowest BCUT2D eigenvalue weighted by molar-refractivity contribution is -0.123. The first kappa shape index (κ1) is 26.2. The standard InChI is InChI=1S/C28H34N4O5S/c1-27(2,3)25-23-24(17-9-10-19-20(12-17)37-16-36-19)38-15-22(34)31(26(23)32(30-25)28(4,5)6)14-21(33)29-13-18-8-7-11-35-18/h7-12,24H,13-16H2,1-6H3,(H,29,33). The molecule has 0 saturated heterocycles. The molecule has 3 aromatic rings. The highest BCUT2D eigenvalue weighted by atomic mass is 32.2. The van der Waals surface area contributed by atoms with Gasteiger partial charge in [0.15, 0.2) is 11.5 Å². The van der Waals surface area contributed by atoms with E-state index in [4.69, 9.17) is 19.0 Å². The highest BCUT2D eigenvalue weighted by molar-refractivity contribution is 8.00. The maximum absolute atomic E-state index is 13.7. The van der Waals surface area contributed by atoms with Crippen LogP contribution in [0, 0.1) is 0 Å². The van der Waals surface area contributed by atoms with Crippen LogP contribution in [0.25, 0.3) is 0 Å². The van der Waals surface area contributed by atoms with Crippen molar-refractivity contribution in [3.8, 4) is 11.5 Å². The molecule has 1 atom stereocenters. The summed E-state index contributed by atoms with van der Waals surface area (Å²) in [6.07, 6.45) is 1.56. The third-order valence-electron chi connectivity index (χ3n) is 6.48. The largest absolute Gasteiger partial charge is 0.467 e. The molecule has 0 bridgehead atoms. The second kappa shape index (κ2) is 9.72. The zero-order valence-electron chi connectivity index (χ0n) is 22.7. The summed E-state index contributed by atoms with van der Waals surface area (Å²) in [7, 11) is 0. The average Bonchev–Trinajstić information content (AvgIpc) is 3.58. The summed E-state index contributed by atoms with van der Waals surface area (Å²) in [5.74, 6) is 2.51. The molecule has 1 N–H and O–H groups in total. The number of nitrogens with one attached hydrogen (secondary N) is 1. The number of rotatable bonds is 5. The van der Waals surface area contributed by atoms with Crippen molar-refractivity contribution in [2.45, 2.75) is 64.3 Å². The van der Waals surface area contributed by atoms with Gasteiger partial charge in [-0.15, -0.1) is 11.8 Å². The van der Waals surface area contributed by atoms with Crippen LogP contribution in [0.4, 0.5) is 5.82 Å². The van der Waals surface area contributed by atoms with Crippen molar-refractivity contribution in [1.82, 2.24) is 15.1 Å². The number of fused-ring (bicyclic) bond motifs is 2. The molecular weight excluding hydrogens is 504 g/mol. The lowest BCUT2D eigenvalue weighted by atomic mass is 9.87. The molecule has 9 nitrogen and oxygen atoms in total. The number of furan rings is 1. The Kier molecular flexibility index (Phi) is 6.71. The first-order valence-corrected chi connectivity index (χ1v) is 13.7. The van der Waals surface area contributed by atoms with Crippen LogP contribution >= 0.6 is 11.8 Å². The highest BCUT2D eigenvalue weighted by Gasteiger charge is 2.41. The molecule has 2 aliphatic rings. The number of amides is 2. The van der Waals surface area contributed by atoms with E-state index in [0.717, 1.165) is 16.8 Å². The first-order chi connectivity index (χ1) is 17.9. The molecule has 0 aliphatic carbocycles. The van der Waals surface area contributed by atoms with Crippen LogP contribution in [0.5, 0.6) is 11.5 Å². The van der Waals surface area contributed by atoms with Gasteiger partial charge in [0.2, 0.25) is 18.6 Å². The summed E-state index contributed by atoms with van der Waals surface area (Å²) in [5, 5.41) is 7.80. The number of benzene rings is 1. The first-order valence-electron chi connectivity index (χ1n) is 12.7. The minimum absolute atomic E-state index is 0.119. The number of carbonyl (C=O) groups is 2. The molecular formula is C28H34N4O5S. The minimum Gasteiger partial charge on any atom is -0.467 e. The van der Waals surface area contributed by atoms with Gasteiger partial charge >= 0.3 is 0 Å². The summed E-state index contributed by atoms with van der Waals surface area (Å²) in [6.45, 7) is 12.9. The van der Waals surface area contributed by atoms with Crippen molar-refractivity contribution in [2.24, 2.45) is 0 Å². The summed E-state index contributed by atoms with van der Waals surface area (Å²) < 4.78 is 18.4. The number of aromatic nitrogens is 2. The van der Waals surface area contributed by atoms with E-state index in [0.29, 0.717) is 23.1 Å². The van der Waals surface area contributed by atoms with Gasteiger partial charge in [-0.25, -0.2) is 4.68 Å². The van der Waals surface area contributed by atoms with Gasteiger partial charge in [-0.3, -0.25) is 14.5 Å². The molecule has 0 fully saturated rings. The third kappa shape index (κ3) is 5.01. The summed E-state index contributed by atoms with van der Waals surface area (Å²) in [6, 6.07) is 9.49. The van der Waals surface area contributed by atoms with Crippen molar-refractivity contribution in [3.05, 3.63) is 59.2 Å². The van der Waals surface area contributed by atoms with Gasteiger partial charge in [-0.1, -0.05) is 26.8 Å². The molecule has 2 aromatic heterocycles. The van der Waals surface area contributed by atoms with Crippen LogP contribution < -0.4 is 19.7 Å². The Labute approximate surface area is 226 Å². The van der Waals surface area contributed by atoms with Gasteiger partial charge in [0.05, 0.1) is 35.0 Å². The molecule has 0 radical (unpaired) electrons. The molecule has 5 rings (SSSR count). The second-order valence-electron chi connectivity index (χ2n) is 11.6.